The zero-order valence-electron chi connectivity index (χ0n) is 23.2. The lowest BCUT2D eigenvalue weighted by Gasteiger charge is -2.32. The summed E-state index contributed by atoms with van der Waals surface area (Å²) < 4.78 is 32.6. The van der Waals surface area contributed by atoms with Gasteiger partial charge < -0.3 is 15.2 Å². The van der Waals surface area contributed by atoms with Crippen molar-refractivity contribution in [3.63, 3.8) is 0 Å². The number of benzene rings is 1. The van der Waals surface area contributed by atoms with Crippen LogP contribution in [0.4, 0.5) is 14.5 Å². The normalized spacial score (nSPS) is 14.8. The molecule has 1 atom stereocenters. The number of nitrogens with zero attached hydrogens (tertiary/aromatic N) is 5. The molecule has 1 aliphatic rings. The number of aryl methyl sites for hydroxylation is 2. The number of aromatic nitrogens is 3. The molecule has 4 heterocycles. The molecule has 1 aromatic carbocycles. The van der Waals surface area contributed by atoms with Crippen molar-refractivity contribution in [3.8, 4) is 5.69 Å². The highest BCUT2D eigenvalue weighted by Gasteiger charge is 2.25. The molecule has 208 valence electrons. The van der Waals surface area contributed by atoms with Gasteiger partial charge in [-0.3, -0.25) is 19.1 Å². The number of pyridine rings is 2. The molecule has 0 bridgehead atoms. The van der Waals surface area contributed by atoms with Crippen LogP contribution in [0.15, 0.2) is 53.6 Å². The largest absolute Gasteiger partial charge is 0.396 e. The van der Waals surface area contributed by atoms with Crippen LogP contribution in [0.5, 0.6) is 0 Å². The van der Waals surface area contributed by atoms with Gasteiger partial charge in [0.2, 0.25) is 0 Å². The molecule has 0 saturated heterocycles. The second-order valence-electron chi connectivity index (χ2n) is 10.5. The highest BCUT2D eigenvalue weighted by atomic mass is 19.1. The summed E-state index contributed by atoms with van der Waals surface area (Å²) in [4.78, 5) is 33.2. The lowest BCUT2D eigenvalue weighted by atomic mass is 9.92. The molecule has 40 heavy (non-hydrogen) atoms. The van der Waals surface area contributed by atoms with Crippen LogP contribution in [0.3, 0.4) is 0 Å². The van der Waals surface area contributed by atoms with Crippen LogP contribution >= 0.6 is 0 Å². The van der Waals surface area contributed by atoms with E-state index in [-0.39, 0.29) is 23.5 Å². The molecule has 0 radical (unpaired) electrons. The highest BCUT2D eigenvalue weighted by Crippen LogP contribution is 2.34. The predicted molar refractivity (Wildman–Crippen MR) is 152 cm³/mol. The zero-order chi connectivity index (χ0) is 28.9. The third-order valence-corrected chi connectivity index (χ3v) is 7.72. The third-order valence-electron chi connectivity index (χ3n) is 7.72. The van der Waals surface area contributed by atoms with Gasteiger partial charge in [-0.15, -0.1) is 0 Å². The van der Waals surface area contributed by atoms with Gasteiger partial charge in [0.25, 0.3) is 11.5 Å². The van der Waals surface area contributed by atoms with Gasteiger partial charge in [0, 0.05) is 74.7 Å². The van der Waals surface area contributed by atoms with Crippen LogP contribution in [0, 0.1) is 18.6 Å². The first-order valence-corrected chi connectivity index (χ1v) is 13.1. The minimum Gasteiger partial charge on any atom is -0.396 e. The van der Waals surface area contributed by atoms with E-state index in [0.717, 1.165) is 34.5 Å². The molecule has 0 saturated carbocycles. The third kappa shape index (κ3) is 4.68. The van der Waals surface area contributed by atoms with Crippen molar-refractivity contribution in [1.29, 1.82) is 0 Å². The number of nitrogens with two attached hydrogens (primary N) is 1. The highest BCUT2D eigenvalue weighted by molar-refractivity contribution is 5.94. The minimum absolute atomic E-state index is 0.0178. The molecule has 10 heteroatoms. The van der Waals surface area contributed by atoms with Gasteiger partial charge in [0.05, 0.1) is 17.6 Å². The average molecular weight is 547 g/mol. The molecule has 0 aliphatic carbocycles. The number of halogens is 2. The number of carbonyl (C=O) groups excluding carboxylic acids is 1. The van der Waals surface area contributed by atoms with Gasteiger partial charge >= 0.3 is 0 Å². The number of fused-ring (bicyclic) bond motifs is 1. The second kappa shape index (κ2) is 10.3. The van der Waals surface area contributed by atoms with E-state index in [0.29, 0.717) is 42.0 Å². The van der Waals surface area contributed by atoms with Gasteiger partial charge in [0.1, 0.15) is 11.5 Å². The summed E-state index contributed by atoms with van der Waals surface area (Å²) in [7, 11) is 5.21. The fraction of sp³-hybridized carbons (Fsp3) is 0.300. The Morgan fingerprint density at radius 3 is 2.55 bits per heavy atom. The Labute approximate surface area is 230 Å². The number of nitrogen functional groups attached to an aromatic ring is 1. The maximum Gasteiger partial charge on any atom is 0.257 e. The molecule has 1 amide bonds. The Balaban J connectivity index is 1.44. The Hall–Kier alpha value is -4.31. The van der Waals surface area contributed by atoms with Gasteiger partial charge in [-0.2, -0.15) is 0 Å². The van der Waals surface area contributed by atoms with Gasteiger partial charge in [0.15, 0.2) is 5.82 Å². The van der Waals surface area contributed by atoms with E-state index < -0.39 is 11.4 Å². The van der Waals surface area contributed by atoms with Crippen molar-refractivity contribution >= 4 is 28.2 Å². The van der Waals surface area contributed by atoms with Gasteiger partial charge in [-0.1, -0.05) is 6.08 Å². The van der Waals surface area contributed by atoms with E-state index in [1.807, 2.05) is 30.7 Å². The first kappa shape index (κ1) is 27.3. The summed E-state index contributed by atoms with van der Waals surface area (Å²) in [6, 6.07) is 7.78. The average Bonchev–Trinajstić information content (AvgIpc) is 3.26. The van der Waals surface area contributed by atoms with Crippen molar-refractivity contribution in [2.75, 3.05) is 32.9 Å². The van der Waals surface area contributed by atoms with Crippen LogP contribution in [0.1, 0.15) is 46.6 Å². The molecule has 2 N–H and O–H groups in total. The Morgan fingerprint density at radius 2 is 1.90 bits per heavy atom. The Bertz CT molecular complexity index is 1710. The number of anilines is 1. The van der Waals surface area contributed by atoms with Crippen LogP contribution < -0.4 is 11.3 Å². The molecule has 1 aliphatic heterocycles. The molecule has 1 unspecified atom stereocenters. The summed E-state index contributed by atoms with van der Waals surface area (Å²) in [5.41, 5.74) is 9.67. The SMILES string of the molecule is Cc1cc(C(=O)N(C)C)cc(F)c1C1=CCN(C(C)c2cc3c(-n4cc(F)c(N)cc4=O)ccnc3n2C)CC1. The molecule has 5 rings (SSSR count). The van der Waals surface area contributed by atoms with E-state index in [1.54, 1.807) is 32.4 Å². The molecule has 4 aromatic rings. The smallest absolute Gasteiger partial charge is 0.257 e. The van der Waals surface area contributed by atoms with Crippen molar-refractivity contribution < 1.29 is 13.6 Å². The summed E-state index contributed by atoms with van der Waals surface area (Å²) in [5.74, 6) is -1.29. The predicted octanol–water partition coefficient (Wildman–Crippen LogP) is 4.45. The maximum atomic E-state index is 15.2. The zero-order valence-corrected chi connectivity index (χ0v) is 23.2. The summed E-state index contributed by atoms with van der Waals surface area (Å²) in [5, 5.41) is 0.719. The number of carbonyl (C=O) groups is 1. The van der Waals surface area contributed by atoms with Gasteiger partial charge in [-0.25, -0.2) is 13.8 Å². The monoisotopic (exact) mass is 546 g/mol. The van der Waals surface area contributed by atoms with E-state index in [4.69, 9.17) is 5.73 Å². The number of hydrogen-bond acceptors (Lipinski definition) is 5. The summed E-state index contributed by atoms with van der Waals surface area (Å²) >= 11 is 0. The van der Waals surface area contributed by atoms with Crippen LogP contribution in [-0.4, -0.2) is 57.0 Å². The van der Waals surface area contributed by atoms with Crippen LogP contribution in [-0.2, 0) is 7.05 Å². The van der Waals surface area contributed by atoms with Crippen molar-refractivity contribution in [2.24, 2.45) is 7.05 Å². The topological polar surface area (TPSA) is 89.4 Å². The quantitative estimate of drug-likeness (QED) is 0.400. The minimum atomic E-state index is -0.671. The molecular formula is C30H32F2N6O2. The molecule has 0 fully saturated rings. The lowest BCUT2D eigenvalue weighted by Crippen LogP contribution is -2.32. The van der Waals surface area contributed by atoms with E-state index in [9.17, 15) is 14.0 Å². The van der Waals surface area contributed by atoms with Crippen molar-refractivity contribution in [2.45, 2.75) is 26.3 Å². The van der Waals surface area contributed by atoms with E-state index in [2.05, 4.69) is 16.8 Å². The van der Waals surface area contributed by atoms with Crippen molar-refractivity contribution in [3.05, 3.63) is 93.2 Å². The standard InChI is InChI=1S/C30H32F2N6O2/c1-17-12-20(30(40)35(3)4)13-22(31)28(17)19-7-10-37(11-8-19)18(2)26-14-21-25(6-9-34-29(21)36(26)5)38-16-23(32)24(33)15-27(38)39/h6-7,9,12-16,18H,8,10-11,33H2,1-5H3. The Morgan fingerprint density at radius 1 is 1.15 bits per heavy atom. The van der Waals surface area contributed by atoms with Crippen molar-refractivity contribution in [1.82, 2.24) is 23.9 Å². The number of rotatable bonds is 5. The number of hydrogen-bond donors (Lipinski definition) is 1. The van der Waals surface area contributed by atoms with E-state index in [1.165, 1.54) is 15.5 Å². The molecular weight excluding hydrogens is 514 g/mol. The fourth-order valence-electron chi connectivity index (χ4n) is 5.53. The molecule has 3 aromatic heterocycles. The lowest BCUT2D eigenvalue weighted by molar-refractivity contribution is 0.0827. The van der Waals surface area contributed by atoms with Crippen LogP contribution in [0.25, 0.3) is 22.3 Å². The molecule has 0 spiro atoms. The Kier molecular flexibility index (Phi) is 7.05. The van der Waals surface area contributed by atoms with Crippen LogP contribution in [0.2, 0.25) is 0 Å². The van der Waals surface area contributed by atoms with Gasteiger partial charge in [-0.05, 0) is 55.7 Å². The fourth-order valence-corrected chi connectivity index (χ4v) is 5.53. The summed E-state index contributed by atoms with van der Waals surface area (Å²) in [6.07, 6.45) is 5.39. The first-order chi connectivity index (χ1) is 19.0. The first-order valence-electron chi connectivity index (χ1n) is 13.1. The molecule has 8 nitrogen and oxygen atoms in total. The summed E-state index contributed by atoms with van der Waals surface area (Å²) in [6.45, 7) is 5.24. The maximum absolute atomic E-state index is 15.2. The number of amides is 1. The van der Waals surface area contributed by atoms with E-state index >= 15 is 4.39 Å². The second-order valence-corrected chi connectivity index (χ2v) is 10.5.